The van der Waals surface area contributed by atoms with Crippen molar-refractivity contribution in [2.45, 2.75) is 25.7 Å². The van der Waals surface area contributed by atoms with Gasteiger partial charge in [-0.15, -0.1) is 11.3 Å². The maximum atomic E-state index is 11.6. The van der Waals surface area contributed by atoms with Gasteiger partial charge in [-0.05, 0) is 25.8 Å². The first kappa shape index (κ1) is 13.7. The Morgan fingerprint density at radius 1 is 1.58 bits per heavy atom. The van der Waals surface area contributed by atoms with E-state index in [9.17, 15) is 9.59 Å². The fraction of sp³-hybridized carbons (Fsp3) is 0.462. The molecule has 1 aliphatic rings. The second-order valence-electron chi connectivity index (χ2n) is 4.60. The first-order valence-electron chi connectivity index (χ1n) is 6.15. The van der Waals surface area contributed by atoms with E-state index in [0.29, 0.717) is 17.1 Å². The number of hydrogen-bond acceptors (Lipinski definition) is 4. The summed E-state index contributed by atoms with van der Waals surface area (Å²) >= 11 is 1.22. The van der Waals surface area contributed by atoms with Gasteiger partial charge in [0.1, 0.15) is 4.88 Å². The number of aryl methyl sites for hydroxylation is 1. The number of nitrogens with zero attached hydrogens (tertiary/aromatic N) is 2. The fourth-order valence-corrected chi connectivity index (χ4v) is 3.33. The number of carbonyl (C=O) groups excluding carboxylic acids is 1. The van der Waals surface area contributed by atoms with Crippen LogP contribution in [0, 0.1) is 6.92 Å². The van der Waals surface area contributed by atoms with Crippen molar-refractivity contribution in [2.75, 3.05) is 13.1 Å². The van der Waals surface area contributed by atoms with Crippen LogP contribution < -0.4 is 0 Å². The van der Waals surface area contributed by atoms with E-state index in [2.05, 4.69) is 11.6 Å². The van der Waals surface area contributed by atoms with E-state index in [1.165, 1.54) is 17.4 Å². The van der Waals surface area contributed by atoms with E-state index < -0.39 is 5.97 Å². The van der Waals surface area contributed by atoms with Gasteiger partial charge in [0.15, 0.2) is 0 Å². The molecule has 1 aromatic rings. The van der Waals surface area contributed by atoms with E-state index in [0.717, 1.165) is 24.4 Å². The van der Waals surface area contributed by atoms with Crippen LogP contribution in [0.15, 0.2) is 12.7 Å². The van der Waals surface area contributed by atoms with Crippen LogP contribution in [0.4, 0.5) is 0 Å². The average Bonchev–Trinajstić information content (AvgIpc) is 2.80. The van der Waals surface area contributed by atoms with Gasteiger partial charge in [-0.2, -0.15) is 0 Å². The van der Waals surface area contributed by atoms with Crippen molar-refractivity contribution in [2.24, 2.45) is 0 Å². The summed E-state index contributed by atoms with van der Waals surface area (Å²) in [6, 6.07) is 0. The van der Waals surface area contributed by atoms with Crippen LogP contribution in [0.25, 0.3) is 0 Å². The van der Waals surface area contributed by atoms with Crippen LogP contribution in [0.5, 0.6) is 0 Å². The van der Waals surface area contributed by atoms with Gasteiger partial charge in [-0.3, -0.25) is 4.79 Å². The van der Waals surface area contributed by atoms with Gasteiger partial charge >= 0.3 is 5.97 Å². The highest BCUT2D eigenvalue weighted by atomic mass is 32.1. The lowest BCUT2D eigenvalue weighted by molar-refractivity contribution is -0.127. The Morgan fingerprint density at radius 2 is 2.32 bits per heavy atom. The Morgan fingerprint density at radius 3 is 2.89 bits per heavy atom. The normalized spacial score (nSPS) is 19.2. The van der Waals surface area contributed by atoms with E-state index in [1.54, 1.807) is 11.8 Å². The second-order valence-corrected chi connectivity index (χ2v) is 5.63. The Kier molecular flexibility index (Phi) is 3.99. The van der Waals surface area contributed by atoms with Gasteiger partial charge in [0.25, 0.3) is 0 Å². The van der Waals surface area contributed by atoms with Gasteiger partial charge in [0, 0.05) is 19.0 Å². The molecule has 1 amide bonds. The third-order valence-corrected chi connectivity index (χ3v) is 4.57. The monoisotopic (exact) mass is 280 g/mol. The van der Waals surface area contributed by atoms with Crippen LogP contribution in [0.3, 0.4) is 0 Å². The molecular weight excluding hydrogens is 264 g/mol. The maximum absolute atomic E-state index is 11.6. The van der Waals surface area contributed by atoms with Crippen LogP contribution in [0.2, 0.25) is 0 Å². The van der Waals surface area contributed by atoms with Gasteiger partial charge in [-0.1, -0.05) is 6.58 Å². The third-order valence-electron chi connectivity index (χ3n) is 3.26. The van der Waals surface area contributed by atoms with Crippen LogP contribution in [0.1, 0.15) is 39.1 Å². The van der Waals surface area contributed by atoms with Crippen molar-refractivity contribution in [3.63, 3.8) is 0 Å². The number of aromatic carboxylic acids is 1. The molecule has 0 radical (unpaired) electrons. The number of aromatic nitrogens is 1. The molecule has 0 bridgehead atoms. The number of amides is 1. The molecule has 5 nitrogen and oxygen atoms in total. The minimum Gasteiger partial charge on any atom is -0.477 e. The Labute approximate surface area is 115 Å². The Bertz CT molecular complexity index is 524. The molecule has 1 saturated heterocycles. The largest absolute Gasteiger partial charge is 0.477 e. The molecular formula is C13H16N2O3S. The van der Waals surface area contributed by atoms with Gasteiger partial charge < -0.3 is 10.0 Å². The van der Waals surface area contributed by atoms with Crippen LogP contribution in [-0.4, -0.2) is 40.0 Å². The standard InChI is InChI=1S/C13H16N2O3S/c1-3-10(16)15-6-4-5-9(7-15)12-14-8(2)11(19-12)13(17)18/h3,9H,1,4-7H2,2H3,(H,17,18). The number of carboxylic acid groups (broad SMARTS) is 1. The predicted molar refractivity (Wildman–Crippen MR) is 72.6 cm³/mol. The highest BCUT2D eigenvalue weighted by Crippen LogP contribution is 2.31. The molecule has 0 spiro atoms. The quantitative estimate of drug-likeness (QED) is 0.860. The molecule has 6 heteroatoms. The van der Waals surface area contributed by atoms with Crippen molar-refractivity contribution in [1.29, 1.82) is 0 Å². The number of hydrogen-bond donors (Lipinski definition) is 1. The lowest BCUT2D eigenvalue weighted by Crippen LogP contribution is -2.38. The molecule has 1 unspecified atom stereocenters. The minimum atomic E-state index is -0.934. The summed E-state index contributed by atoms with van der Waals surface area (Å²) in [5.74, 6) is -0.873. The lowest BCUT2D eigenvalue weighted by Gasteiger charge is -2.31. The van der Waals surface area contributed by atoms with Gasteiger partial charge in [0.2, 0.25) is 5.91 Å². The molecule has 19 heavy (non-hydrogen) atoms. The number of rotatable bonds is 3. The zero-order valence-corrected chi connectivity index (χ0v) is 11.6. The molecule has 1 atom stereocenters. The minimum absolute atomic E-state index is 0.0727. The highest BCUT2D eigenvalue weighted by Gasteiger charge is 2.27. The number of thiazole rings is 1. The van der Waals surface area contributed by atoms with E-state index in [-0.39, 0.29) is 11.8 Å². The number of carboxylic acids is 1. The summed E-state index contributed by atoms with van der Waals surface area (Å²) in [7, 11) is 0. The topological polar surface area (TPSA) is 70.5 Å². The molecule has 1 aromatic heterocycles. The van der Waals surface area contributed by atoms with E-state index in [1.807, 2.05) is 0 Å². The number of piperidine rings is 1. The zero-order valence-electron chi connectivity index (χ0n) is 10.8. The first-order chi connectivity index (χ1) is 9.02. The SMILES string of the molecule is C=CC(=O)N1CCCC(c2nc(C)c(C(=O)O)s2)C1. The molecule has 1 fully saturated rings. The highest BCUT2D eigenvalue weighted by molar-refractivity contribution is 7.13. The first-order valence-corrected chi connectivity index (χ1v) is 6.96. The summed E-state index contributed by atoms with van der Waals surface area (Å²) in [6.07, 6.45) is 3.16. The molecule has 2 rings (SSSR count). The van der Waals surface area contributed by atoms with Crippen molar-refractivity contribution in [1.82, 2.24) is 9.88 Å². The summed E-state index contributed by atoms with van der Waals surface area (Å²) in [5, 5.41) is 9.86. The molecule has 1 aliphatic heterocycles. The summed E-state index contributed by atoms with van der Waals surface area (Å²) < 4.78 is 0. The van der Waals surface area contributed by atoms with E-state index >= 15 is 0 Å². The third kappa shape index (κ3) is 2.84. The number of carbonyl (C=O) groups is 2. The number of likely N-dealkylation sites (tertiary alicyclic amines) is 1. The molecule has 0 saturated carbocycles. The summed E-state index contributed by atoms with van der Waals surface area (Å²) in [4.78, 5) is 29.0. The van der Waals surface area contributed by atoms with Crippen LogP contribution in [-0.2, 0) is 4.79 Å². The lowest BCUT2D eigenvalue weighted by atomic mass is 9.98. The summed E-state index contributed by atoms with van der Waals surface area (Å²) in [5.41, 5.74) is 0.555. The predicted octanol–water partition coefficient (Wildman–Crippen LogP) is 2.04. The molecule has 0 aromatic carbocycles. The van der Waals surface area contributed by atoms with E-state index in [4.69, 9.17) is 5.11 Å². The molecule has 2 heterocycles. The fourth-order valence-electron chi connectivity index (χ4n) is 2.30. The molecule has 0 aliphatic carbocycles. The van der Waals surface area contributed by atoms with Crippen molar-refractivity contribution < 1.29 is 14.7 Å². The zero-order chi connectivity index (χ0) is 14.0. The molecule has 102 valence electrons. The van der Waals surface area contributed by atoms with Crippen molar-refractivity contribution in [3.05, 3.63) is 28.2 Å². The van der Waals surface area contributed by atoms with Crippen LogP contribution >= 0.6 is 11.3 Å². The van der Waals surface area contributed by atoms with Crippen molar-refractivity contribution >= 4 is 23.2 Å². The average molecular weight is 280 g/mol. The Balaban J connectivity index is 2.17. The Hall–Kier alpha value is -1.69. The van der Waals surface area contributed by atoms with Gasteiger partial charge in [-0.25, -0.2) is 9.78 Å². The van der Waals surface area contributed by atoms with Crippen molar-refractivity contribution in [3.8, 4) is 0 Å². The molecule has 1 N–H and O–H groups in total. The second kappa shape index (κ2) is 5.52. The van der Waals surface area contributed by atoms with Gasteiger partial charge in [0.05, 0.1) is 10.7 Å². The maximum Gasteiger partial charge on any atom is 0.347 e. The summed E-state index contributed by atoms with van der Waals surface area (Å²) in [6.45, 7) is 6.53. The smallest absolute Gasteiger partial charge is 0.347 e.